The van der Waals surface area contributed by atoms with Crippen LogP contribution >= 0.6 is 0 Å². The molecule has 0 saturated heterocycles. The monoisotopic (exact) mass is 155 g/mol. The van der Waals surface area contributed by atoms with Crippen molar-refractivity contribution in [3.05, 3.63) is 36.5 Å². The van der Waals surface area contributed by atoms with Crippen LogP contribution in [0.2, 0.25) is 0 Å². The molecule has 1 aromatic rings. The van der Waals surface area contributed by atoms with E-state index in [0.717, 1.165) is 5.56 Å². The third-order valence-electron chi connectivity index (χ3n) is 1.36. The summed E-state index contributed by atoms with van der Waals surface area (Å²) in [6.45, 7) is 3.40. The van der Waals surface area contributed by atoms with Crippen LogP contribution in [0.3, 0.4) is 0 Å². The molecule has 1 radical (unpaired) electrons. The summed E-state index contributed by atoms with van der Waals surface area (Å²) >= 11 is 0. The topological polar surface area (TPSA) is 36.7 Å². The van der Waals surface area contributed by atoms with Crippen molar-refractivity contribution in [3.8, 4) is 17.9 Å². The Morgan fingerprint density at radius 3 is 2.83 bits per heavy atom. The summed E-state index contributed by atoms with van der Waals surface area (Å²) < 4.78 is 0. The molecule has 2 heteroatoms. The van der Waals surface area contributed by atoms with Gasteiger partial charge in [0.15, 0.2) is 0 Å². The van der Waals surface area contributed by atoms with Crippen LogP contribution in [0.15, 0.2) is 18.3 Å². The zero-order valence-electron chi connectivity index (χ0n) is 6.54. The fraction of sp³-hybridized carbons (Fsp3) is 0.100. The van der Waals surface area contributed by atoms with Crippen LogP contribution in [0.1, 0.15) is 11.3 Å². The second kappa shape index (κ2) is 4.16. The summed E-state index contributed by atoms with van der Waals surface area (Å²) in [5.74, 6) is 5.37. The minimum atomic E-state index is 0.432. The third kappa shape index (κ3) is 2.11. The fourth-order valence-electron chi connectivity index (χ4n) is 0.760. The number of aromatic nitrogens is 1. The van der Waals surface area contributed by atoms with Crippen molar-refractivity contribution in [2.24, 2.45) is 0 Å². The molecule has 0 bridgehead atoms. The molecule has 12 heavy (non-hydrogen) atoms. The molecule has 0 saturated carbocycles. The number of nitriles is 1. The summed E-state index contributed by atoms with van der Waals surface area (Å²) in [6, 6.07) is 5.47. The van der Waals surface area contributed by atoms with E-state index in [1.165, 1.54) is 0 Å². The maximum atomic E-state index is 8.45. The lowest BCUT2D eigenvalue weighted by molar-refractivity contribution is 1.18. The Balaban J connectivity index is 2.77. The highest BCUT2D eigenvalue weighted by Gasteiger charge is 1.91. The Labute approximate surface area is 71.9 Å². The second-order valence-corrected chi connectivity index (χ2v) is 2.19. The Hall–Kier alpha value is -1.80. The first-order valence-corrected chi connectivity index (χ1v) is 3.47. The summed E-state index contributed by atoms with van der Waals surface area (Å²) in [5.41, 5.74) is 1.44. The van der Waals surface area contributed by atoms with Gasteiger partial charge in [0.2, 0.25) is 0 Å². The maximum absolute atomic E-state index is 8.45. The number of pyridine rings is 1. The van der Waals surface area contributed by atoms with Crippen molar-refractivity contribution in [2.75, 3.05) is 0 Å². The Kier molecular flexibility index (Phi) is 2.87. The predicted octanol–water partition coefficient (Wildman–Crippen LogP) is 1.33. The molecule has 1 aromatic heterocycles. The summed E-state index contributed by atoms with van der Waals surface area (Å²) in [5, 5.41) is 8.45. The molecule has 0 N–H and O–H groups in total. The lowest BCUT2D eigenvalue weighted by Gasteiger charge is -1.92. The van der Waals surface area contributed by atoms with Gasteiger partial charge in [-0.05, 0) is 11.6 Å². The molecule has 0 spiro atoms. The molecule has 0 unspecified atom stereocenters. The zero-order chi connectivity index (χ0) is 8.81. The van der Waals surface area contributed by atoms with E-state index in [-0.39, 0.29) is 0 Å². The minimum Gasteiger partial charge on any atom is -0.245 e. The molecule has 57 valence electrons. The highest BCUT2D eigenvalue weighted by atomic mass is 14.7. The molecule has 0 amide bonds. The molecular formula is C10H7N2. The minimum absolute atomic E-state index is 0.432. The van der Waals surface area contributed by atoms with Crippen molar-refractivity contribution in [1.82, 2.24) is 4.98 Å². The average molecular weight is 155 g/mol. The Morgan fingerprint density at radius 1 is 1.50 bits per heavy atom. The molecule has 0 aliphatic carbocycles. The van der Waals surface area contributed by atoms with Crippen LogP contribution in [-0.2, 0) is 6.42 Å². The second-order valence-electron chi connectivity index (χ2n) is 2.19. The normalized spacial score (nSPS) is 8.00. The summed E-state index contributed by atoms with van der Waals surface area (Å²) in [6.07, 6.45) is 2.30. The highest BCUT2D eigenvalue weighted by molar-refractivity contribution is 5.25. The number of nitrogens with zero attached hydrogens (tertiary/aromatic N) is 2. The van der Waals surface area contributed by atoms with E-state index in [1.807, 2.05) is 12.1 Å². The molecule has 0 aliphatic rings. The van der Waals surface area contributed by atoms with Gasteiger partial charge in [-0.15, -0.1) is 5.92 Å². The van der Waals surface area contributed by atoms with Gasteiger partial charge in [-0.2, -0.15) is 5.26 Å². The first-order chi connectivity index (χ1) is 5.86. The van der Waals surface area contributed by atoms with Gasteiger partial charge in [0.05, 0.1) is 0 Å². The van der Waals surface area contributed by atoms with Crippen molar-refractivity contribution in [2.45, 2.75) is 6.42 Å². The highest BCUT2D eigenvalue weighted by Crippen LogP contribution is 1.99. The lowest BCUT2D eigenvalue weighted by Crippen LogP contribution is -1.86. The SMILES string of the molecule is [CH2]C#CCc1ccc(C#N)nc1. The summed E-state index contributed by atoms with van der Waals surface area (Å²) in [7, 11) is 0. The first kappa shape index (κ1) is 8.30. The van der Waals surface area contributed by atoms with E-state index < -0.39 is 0 Å². The van der Waals surface area contributed by atoms with Gasteiger partial charge in [0.25, 0.3) is 0 Å². The van der Waals surface area contributed by atoms with Crippen LogP contribution in [0.25, 0.3) is 0 Å². The molecule has 1 rings (SSSR count). The van der Waals surface area contributed by atoms with Crippen LogP contribution in [-0.4, -0.2) is 4.98 Å². The maximum Gasteiger partial charge on any atom is 0.140 e. The molecule has 0 fully saturated rings. The molecular weight excluding hydrogens is 148 g/mol. The molecule has 0 aliphatic heterocycles. The zero-order valence-corrected chi connectivity index (χ0v) is 6.54. The number of hydrogen-bond donors (Lipinski definition) is 0. The van der Waals surface area contributed by atoms with Gasteiger partial charge in [-0.3, -0.25) is 0 Å². The smallest absolute Gasteiger partial charge is 0.140 e. The largest absolute Gasteiger partial charge is 0.245 e. The molecule has 1 heterocycles. The van der Waals surface area contributed by atoms with Gasteiger partial charge in [0.1, 0.15) is 11.8 Å². The average Bonchev–Trinajstić information content (AvgIpc) is 2.15. The van der Waals surface area contributed by atoms with Gasteiger partial charge < -0.3 is 0 Å². The van der Waals surface area contributed by atoms with Gasteiger partial charge in [-0.1, -0.05) is 12.0 Å². The number of hydrogen-bond acceptors (Lipinski definition) is 2. The fourth-order valence-corrected chi connectivity index (χ4v) is 0.760. The van der Waals surface area contributed by atoms with E-state index in [1.54, 1.807) is 12.3 Å². The van der Waals surface area contributed by atoms with Gasteiger partial charge in [0, 0.05) is 19.5 Å². The van der Waals surface area contributed by atoms with Crippen molar-refractivity contribution < 1.29 is 0 Å². The number of rotatable bonds is 1. The van der Waals surface area contributed by atoms with E-state index in [4.69, 9.17) is 5.26 Å². The Morgan fingerprint density at radius 2 is 2.33 bits per heavy atom. The van der Waals surface area contributed by atoms with E-state index >= 15 is 0 Å². The molecule has 2 nitrogen and oxygen atoms in total. The van der Waals surface area contributed by atoms with Gasteiger partial charge in [-0.25, -0.2) is 4.98 Å². The van der Waals surface area contributed by atoms with Gasteiger partial charge >= 0.3 is 0 Å². The molecule has 0 atom stereocenters. The lowest BCUT2D eigenvalue weighted by atomic mass is 10.2. The van der Waals surface area contributed by atoms with Crippen LogP contribution < -0.4 is 0 Å². The standard InChI is InChI=1S/C10H7N2/c1-2-3-4-9-5-6-10(7-11)12-8-9/h5-6,8H,1,4H2. The predicted molar refractivity (Wildman–Crippen MR) is 45.8 cm³/mol. The first-order valence-electron chi connectivity index (χ1n) is 3.47. The summed E-state index contributed by atoms with van der Waals surface area (Å²) in [4.78, 5) is 3.90. The van der Waals surface area contributed by atoms with Crippen molar-refractivity contribution in [3.63, 3.8) is 0 Å². The van der Waals surface area contributed by atoms with Crippen LogP contribution in [0.5, 0.6) is 0 Å². The van der Waals surface area contributed by atoms with Crippen molar-refractivity contribution >= 4 is 0 Å². The van der Waals surface area contributed by atoms with E-state index in [9.17, 15) is 0 Å². The van der Waals surface area contributed by atoms with E-state index in [0.29, 0.717) is 12.1 Å². The Bertz CT molecular complexity index is 346. The molecule has 0 aromatic carbocycles. The van der Waals surface area contributed by atoms with Crippen LogP contribution in [0.4, 0.5) is 0 Å². The van der Waals surface area contributed by atoms with Crippen LogP contribution in [0, 0.1) is 30.1 Å². The van der Waals surface area contributed by atoms with Crippen molar-refractivity contribution in [1.29, 1.82) is 5.26 Å². The van der Waals surface area contributed by atoms with E-state index in [2.05, 4.69) is 23.7 Å². The third-order valence-corrected chi connectivity index (χ3v) is 1.36. The quantitative estimate of drug-likeness (QED) is 0.574.